The predicted octanol–water partition coefficient (Wildman–Crippen LogP) is 3.73. The number of nitrogens with zero attached hydrogens (tertiary/aromatic N) is 2. The Morgan fingerprint density at radius 1 is 1.38 bits per heavy atom. The van der Waals surface area contributed by atoms with Crippen molar-refractivity contribution in [2.24, 2.45) is 5.92 Å². The van der Waals surface area contributed by atoms with Crippen molar-refractivity contribution in [2.75, 3.05) is 11.4 Å². The van der Waals surface area contributed by atoms with E-state index in [1.807, 2.05) is 0 Å². The molecule has 2 unspecified atom stereocenters. The Balaban J connectivity index is 2.22. The summed E-state index contributed by atoms with van der Waals surface area (Å²) in [5, 5.41) is 3.44. The summed E-state index contributed by atoms with van der Waals surface area (Å²) in [6, 6.07) is 2.08. The second-order valence-corrected chi connectivity index (χ2v) is 7.41. The average Bonchev–Trinajstić information content (AvgIpc) is 2.36. The standard InChI is InChI=1S/C17H28FN3/c1-12-6-7-21(13(2)8-12)16-14(9-15(18)11-19-16)10-20-17(3,4)5/h9,11-13,20H,6-8,10H2,1-5H3. The van der Waals surface area contributed by atoms with E-state index in [-0.39, 0.29) is 11.4 Å². The molecular weight excluding hydrogens is 265 g/mol. The molecule has 1 aliphatic heterocycles. The van der Waals surface area contributed by atoms with Gasteiger partial charge in [0.25, 0.3) is 0 Å². The smallest absolute Gasteiger partial charge is 0.141 e. The lowest BCUT2D eigenvalue weighted by Gasteiger charge is -2.38. The van der Waals surface area contributed by atoms with Crippen LogP contribution >= 0.6 is 0 Å². The lowest BCUT2D eigenvalue weighted by molar-refractivity contribution is 0.373. The minimum absolute atomic E-state index is 0.00557. The van der Waals surface area contributed by atoms with Crippen LogP contribution in [0.1, 0.15) is 53.0 Å². The monoisotopic (exact) mass is 293 g/mol. The maximum Gasteiger partial charge on any atom is 0.141 e. The van der Waals surface area contributed by atoms with Gasteiger partial charge in [0.15, 0.2) is 0 Å². The fraction of sp³-hybridized carbons (Fsp3) is 0.706. The Morgan fingerprint density at radius 3 is 2.71 bits per heavy atom. The van der Waals surface area contributed by atoms with E-state index >= 15 is 0 Å². The number of halogens is 1. The zero-order valence-corrected chi connectivity index (χ0v) is 13.9. The Morgan fingerprint density at radius 2 is 2.10 bits per heavy atom. The summed E-state index contributed by atoms with van der Waals surface area (Å²) in [5.74, 6) is 1.43. The van der Waals surface area contributed by atoms with Gasteiger partial charge in [0.1, 0.15) is 11.6 Å². The topological polar surface area (TPSA) is 28.2 Å². The van der Waals surface area contributed by atoms with Crippen LogP contribution in [0.4, 0.5) is 10.2 Å². The summed E-state index contributed by atoms with van der Waals surface area (Å²) in [6.07, 6.45) is 3.68. The Labute approximate surface area is 127 Å². The van der Waals surface area contributed by atoms with Crippen LogP contribution in [0.15, 0.2) is 12.3 Å². The molecular formula is C17H28FN3. The molecule has 1 saturated heterocycles. The zero-order valence-electron chi connectivity index (χ0n) is 13.9. The van der Waals surface area contributed by atoms with E-state index in [1.54, 1.807) is 6.07 Å². The van der Waals surface area contributed by atoms with Crippen molar-refractivity contribution in [3.05, 3.63) is 23.6 Å². The largest absolute Gasteiger partial charge is 0.354 e. The van der Waals surface area contributed by atoms with Crippen LogP contribution in [0.3, 0.4) is 0 Å². The number of hydrogen-bond donors (Lipinski definition) is 1. The lowest BCUT2D eigenvalue weighted by atomic mass is 9.93. The third-order valence-corrected chi connectivity index (χ3v) is 4.13. The summed E-state index contributed by atoms with van der Waals surface area (Å²) in [5.41, 5.74) is 0.956. The Bertz CT molecular complexity index is 481. The van der Waals surface area contributed by atoms with Gasteiger partial charge >= 0.3 is 0 Å². The van der Waals surface area contributed by atoms with Crippen LogP contribution in [0, 0.1) is 11.7 Å². The Kier molecular flexibility index (Phi) is 4.87. The highest BCUT2D eigenvalue weighted by molar-refractivity contribution is 5.48. The normalized spacial score (nSPS) is 23.4. The molecule has 4 heteroatoms. The van der Waals surface area contributed by atoms with Crippen LogP contribution < -0.4 is 10.2 Å². The molecule has 0 amide bonds. The van der Waals surface area contributed by atoms with E-state index in [1.165, 1.54) is 19.0 Å². The first-order valence-electron chi connectivity index (χ1n) is 7.92. The molecule has 2 rings (SSSR count). The fourth-order valence-corrected chi connectivity index (χ4v) is 2.94. The summed E-state index contributed by atoms with van der Waals surface area (Å²) in [6.45, 7) is 12.5. The molecule has 2 heterocycles. The van der Waals surface area contributed by atoms with E-state index in [2.05, 4.69) is 49.8 Å². The minimum atomic E-state index is -0.262. The number of anilines is 1. The van der Waals surface area contributed by atoms with E-state index in [0.717, 1.165) is 23.8 Å². The summed E-state index contributed by atoms with van der Waals surface area (Å²) < 4.78 is 13.6. The average molecular weight is 293 g/mol. The molecule has 1 aliphatic rings. The van der Waals surface area contributed by atoms with E-state index in [4.69, 9.17) is 0 Å². The molecule has 0 bridgehead atoms. The van der Waals surface area contributed by atoms with E-state index < -0.39 is 0 Å². The van der Waals surface area contributed by atoms with Crippen molar-refractivity contribution in [3.8, 4) is 0 Å². The second kappa shape index (κ2) is 6.30. The summed E-state index contributed by atoms with van der Waals surface area (Å²) in [7, 11) is 0. The van der Waals surface area contributed by atoms with Crippen molar-refractivity contribution < 1.29 is 4.39 Å². The van der Waals surface area contributed by atoms with Gasteiger partial charge in [-0.05, 0) is 52.5 Å². The van der Waals surface area contributed by atoms with Gasteiger partial charge in [-0.2, -0.15) is 0 Å². The molecule has 1 aromatic heterocycles. The van der Waals surface area contributed by atoms with Crippen LogP contribution in [0.5, 0.6) is 0 Å². The SMILES string of the molecule is CC1CCN(c2ncc(F)cc2CNC(C)(C)C)C(C)C1. The highest BCUT2D eigenvalue weighted by atomic mass is 19.1. The highest BCUT2D eigenvalue weighted by Gasteiger charge is 2.26. The maximum absolute atomic E-state index is 13.6. The molecule has 1 N–H and O–H groups in total. The number of aromatic nitrogens is 1. The molecule has 2 atom stereocenters. The van der Waals surface area contributed by atoms with Gasteiger partial charge in [-0.15, -0.1) is 0 Å². The first kappa shape index (κ1) is 16.2. The van der Waals surface area contributed by atoms with Gasteiger partial charge in [-0.25, -0.2) is 9.37 Å². The third-order valence-electron chi connectivity index (χ3n) is 4.13. The van der Waals surface area contributed by atoms with Crippen molar-refractivity contribution in [2.45, 2.75) is 65.6 Å². The molecule has 21 heavy (non-hydrogen) atoms. The van der Waals surface area contributed by atoms with Crippen LogP contribution in [0.2, 0.25) is 0 Å². The van der Waals surface area contributed by atoms with Crippen molar-refractivity contribution >= 4 is 5.82 Å². The molecule has 3 nitrogen and oxygen atoms in total. The first-order valence-corrected chi connectivity index (χ1v) is 7.92. The van der Waals surface area contributed by atoms with E-state index in [0.29, 0.717) is 12.6 Å². The molecule has 0 saturated carbocycles. The highest BCUT2D eigenvalue weighted by Crippen LogP contribution is 2.29. The van der Waals surface area contributed by atoms with Gasteiger partial charge in [-0.3, -0.25) is 0 Å². The fourth-order valence-electron chi connectivity index (χ4n) is 2.94. The number of nitrogens with one attached hydrogen (secondary N) is 1. The molecule has 118 valence electrons. The van der Waals surface area contributed by atoms with Crippen molar-refractivity contribution in [3.63, 3.8) is 0 Å². The second-order valence-electron chi connectivity index (χ2n) is 7.41. The van der Waals surface area contributed by atoms with E-state index in [9.17, 15) is 4.39 Å². The number of pyridine rings is 1. The lowest BCUT2D eigenvalue weighted by Crippen LogP contribution is -2.42. The first-order chi connectivity index (χ1) is 9.76. The third kappa shape index (κ3) is 4.40. The zero-order chi connectivity index (χ0) is 15.6. The van der Waals surface area contributed by atoms with Gasteiger partial charge in [0.2, 0.25) is 0 Å². The number of rotatable bonds is 3. The van der Waals surface area contributed by atoms with Crippen LogP contribution in [-0.4, -0.2) is 23.1 Å². The molecule has 0 radical (unpaired) electrons. The minimum Gasteiger partial charge on any atom is -0.354 e. The summed E-state index contributed by atoms with van der Waals surface area (Å²) >= 11 is 0. The van der Waals surface area contributed by atoms with Crippen LogP contribution in [-0.2, 0) is 6.54 Å². The molecule has 1 fully saturated rings. The quantitative estimate of drug-likeness (QED) is 0.920. The molecule has 1 aromatic rings. The van der Waals surface area contributed by atoms with Gasteiger partial charge in [0.05, 0.1) is 6.20 Å². The molecule has 0 aliphatic carbocycles. The van der Waals surface area contributed by atoms with Crippen molar-refractivity contribution in [1.82, 2.24) is 10.3 Å². The number of piperidine rings is 1. The van der Waals surface area contributed by atoms with Gasteiger partial charge < -0.3 is 10.2 Å². The molecule has 0 spiro atoms. The van der Waals surface area contributed by atoms with Gasteiger partial charge in [-0.1, -0.05) is 6.92 Å². The van der Waals surface area contributed by atoms with Gasteiger partial charge in [0, 0.05) is 30.2 Å². The summed E-state index contributed by atoms with van der Waals surface area (Å²) in [4.78, 5) is 6.72. The van der Waals surface area contributed by atoms with Crippen molar-refractivity contribution in [1.29, 1.82) is 0 Å². The predicted molar refractivity (Wildman–Crippen MR) is 86.0 cm³/mol. The molecule has 0 aromatic carbocycles. The Hall–Kier alpha value is -1.16. The maximum atomic E-state index is 13.6. The number of hydrogen-bond acceptors (Lipinski definition) is 3. The van der Waals surface area contributed by atoms with Crippen LogP contribution in [0.25, 0.3) is 0 Å².